The van der Waals surface area contributed by atoms with Crippen molar-refractivity contribution in [2.45, 2.75) is 0 Å². The zero-order valence-electron chi connectivity index (χ0n) is 9.32. The summed E-state index contributed by atoms with van der Waals surface area (Å²) in [5.74, 6) is 0. The van der Waals surface area contributed by atoms with Gasteiger partial charge < -0.3 is 0 Å². The van der Waals surface area contributed by atoms with Gasteiger partial charge in [0.05, 0.1) is 5.52 Å². The van der Waals surface area contributed by atoms with Gasteiger partial charge in [-0.2, -0.15) is 5.10 Å². The van der Waals surface area contributed by atoms with E-state index in [0.29, 0.717) is 0 Å². The second kappa shape index (κ2) is 3.40. The molecule has 3 heterocycles. The number of hydrogen-bond donors (Lipinski definition) is 0. The summed E-state index contributed by atoms with van der Waals surface area (Å²) in [5.41, 5.74) is 4.67. The molecule has 0 amide bonds. The van der Waals surface area contributed by atoms with Crippen LogP contribution in [0.3, 0.4) is 0 Å². The minimum absolute atomic E-state index is 0.765. The molecule has 4 rings (SSSR count). The molecule has 3 aromatic heterocycles. The van der Waals surface area contributed by atoms with E-state index in [1.165, 1.54) is 0 Å². The number of rotatable bonds is 1. The van der Waals surface area contributed by atoms with Gasteiger partial charge in [0.2, 0.25) is 0 Å². The van der Waals surface area contributed by atoms with Crippen LogP contribution in [0.4, 0.5) is 0 Å². The Kier molecular flexibility index (Phi) is 1.77. The molecule has 0 aliphatic heterocycles. The molecule has 0 radical (unpaired) electrons. The second-order valence-electron chi connectivity index (χ2n) is 4.05. The van der Waals surface area contributed by atoms with E-state index in [1.807, 2.05) is 41.0 Å². The lowest BCUT2D eigenvalue weighted by molar-refractivity contribution is 0.315. The highest BCUT2D eigenvalue weighted by atomic mass is 16.6. The van der Waals surface area contributed by atoms with Gasteiger partial charge in [0, 0.05) is 18.0 Å². The lowest BCUT2D eigenvalue weighted by Crippen LogP contribution is -1.87. The average molecular weight is 236 g/mol. The van der Waals surface area contributed by atoms with Crippen LogP contribution in [-0.2, 0) is 0 Å². The van der Waals surface area contributed by atoms with E-state index in [2.05, 4.69) is 21.5 Å². The van der Waals surface area contributed by atoms with Crippen molar-refractivity contribution in [1.82, 2.24) is 19.9 Å². The van der Waals surface area contributed by atoms with E-state index < -0.39 is 0 Å². The van der Waals surface area contributed by atoms with E-state index in [4.69, 9.17) is 4.63 Å². The smallest absolute Gasteiger partial charge is 0.143 e. The maximum Gasteiger partial charge on any atom is 0.143 e. The summed E-state index contributed by atoms with van der Waals surface area (Å²) in [5, 5.41) is 12.0. The molecule has 86 valence electrons. The van der Waals surface area contributed by atoms with Crippen LogP contribution < -0.4 is 0 Å². The standard InChI is InChI=1S/C13H8N4O/c1-2-11(13-12(3-1)15-18-16-13)9-5-7-17-10(8-9)4-6-14-17/h1-8H. The summed E-state index contributed by atoms with van der Waals surface area (Å²) in [6, 6.07) is 11.9. The molecular weight excluding hydrogens is 228 g/mol. The van der Waals surface area contributed by atoms with Crippen LogP contribution in [0, 0.1) is 0 Å². The van der Waals surface area contributed by atoms with Gasteiger partial charge in [-0.05, 0) is 40.1 Å². The first-order chi connectivity index (χ1) is 8.92. The quantitative estimate of drug-likeness (QED) is 0.509. The van der Waals surface area contributed by atoms with Gasteiger partial charge in [-0.15, -0.1) is 0 Å². The largest absolute Gasteiger partial charge is 0.243 e. The Morgan fingerprint density at radius 1 is 1.06 bits per heavy atom. The molecule has 0 atom stereocenters. The molecule has 0 N–H and O–H groups in total. The minimum Gasteiger partial charge on any atom is -0.243 e. The van der Waals surface area contributed by atoms with Crippen molar-refractivity contribution in [2.24, 2.45) is 0 Å². The van der Waals surface area contributed by atoms with Crippen LogP contribution in [-0.4, -0.2) is 19.9 Å². The molecule has 0 unspecified atom stereocenters. The Morgan fingerprint density at radius 3 is 3.06 bits per heavy atom. The molecule has 18 heavy (non-hydrogen) atoms. The van der Waals surface area contributed by atoms with Crippen LogP contribution in [0.5, 0.6) is 0 Å². The summed E-state index contributed by atoms with van der Waals surface area (Å²) in [6.45, 7) is 0. The molecule has 5 heteroatoms. The highest BCUT2D eigenvalue weighted by Crippen LogP contribution is 2.27. The fourth-order valence-electron chi connectivity index (χ4n) is 2.13. The van der Waals surface area contributed by atoms with Crippen molar-refractivity contribution in [3.8, 4) is 11.1 Å². The van der Waals surface area contributed by atoms with Crippen LogP contribution >= 0.6 is 0 Å². The van der Waals surface area contributed by atoms with Crippen LogP contribution in [0.2, 0.25) is 0 Å². The first kappa shape index (κ1) is 9.35. The molecule has 1 aromatic carbocycles. The third-order valence-electron chi connectivity index (χ3n) is 3.00. The first-order valence-corrected chi connectivity index (χ1v) is 5.57. The molecule has 0 saturated carbocycles. The Hall–Kier alpha value is -2.69. The van der Waals surface area contributed by atoms with Gasteiger partial charge in [-0.25, -0.2) is 9.14 Å². The summed E-state index contributed by atoms with van der Waals surface area (Å²) in [4.78, 5) is 0. The number of fused-ring (bicyclic) bond motifs is 2. The highest BCUT2D eigenvalue weighted by Gasteiger charge is 2.08. The van der Waals surface area contributed by atoms with Crippen molar-refractivity contribution >= 4 is 16.6 Å². The number of pyridine rings is 1. The lowest BCUT2D eigenvalue weighted by atomic mass is 10.1. The molecule has 0 spiro atoms. The molecule has 0 saturated heterocycles. The molecule has 4 aromatic rings. The number of nitrogens with zero attached hydrogens (tertiary/aromatic N) is 4. The van der Waals surface area contributed by atoms with E-state index in [-0.39, 0.29) is 0 Å². The molecule has 5 nitrogen and oxygen atoms in total. The lowest BCUT2D eigenvalue weighted by Gasteiger charge is -2.02. The van der Waals surface area contributed by atoms with Gasteiger partial charge >= 0.3 is 0 Å². The first-order valence-electron chi connectivity index (χ1n) is 5.57. The summed E-state index contributed by atoms with van der Waals surface area (Å²) in [6.07, 6.45) is 3.70. The predicted octanol–water partition coefficient (Wildman–Crippen LogP) is 2.54. The zero-order chi connectivity index (χ0) is 11.9. The normalized spacial score (nSPS) is 11.3. The fraction of sp³-hybridized carbons (Fsp3) is 0. The summed E-state index contributed by atoms with van der Waals surface area (Å²) >= 11 is 0. The minimum atomic E-state index is 0.765. The van der Waals surface area contributed by atoms with Crippen molar-refractivity contribution < 1.29 is 4.63 Å². The zero-order valence-corrected chi connectivity index (χ0v) is 9.32. The van der Waals surface area contributed by atoms with Crippen molar-refractivity contribution in [3.63, 3.8) is 0 Å². The monoisotopic (exact) mass is 236 g/mol. The van der Waals surface area contributed by atoms with Crippen molar-refractivity contribution in [3.05, 3.63) is 48.8 Å². The van der Waals surface area contributed by atoms with Crippen molar-refractivity contribution in [2.75, 3.05) is 0 Å². The maximum atomic E-state index is 4.78. The third-order valence-corrected chi connectivity index (χ3v) is 3.00. The Balaban J connectivity index is 2.03. The maximum absolute atomic E-state index is 4.78. The predicted molar refractivity (Wildman–Crippen MR) is 66.0 cm³/mol. The topological polar surface area (TPSA) is 56.2 Å². The Bertz CT molecular complexity index is 846. The van der Waals surface area contributed by atoms with E-state index in [9.17, 15) is 0 Å². The van der Waals surface area contributed by atoms with Crippen LogP contribution in [0.15, 0.2) is 53.4 Å². The molecule has 0 aliphatic carbocycles. The third kappa shape index (κ3) is 1.24. The van der Waals surface area contributed by atoms with Gasteiger partial charge in [-0.3, -0.25) is 0 Å². The van der Waals surface area contributed by atoms with Crippen LogP contribution in [0.25, 0.3) is 27.7 Å². The summed E-state index contributed by atoms with van der Waals surface area (Å²) < 4.78 is 6.61. The summed E-state index contributed by atoms with van der Waals surface area (Å²) in [7, 11) is 0. The Labute approximate surface area is 102 Å². The second-order valence-corrected chi connectivity index (χ2v) is 4.05. The molecule has 0 aliphatic rings. The number of benzene rings is 1. The fourth-order valence-corrected chi connectivity index (χ4v) is 2.13. The number of aromatic nitrogens is 4. The van der Waals surface area contributed by atoms with Gasteiger partial charge in [0.15, 0.2) is 0 Å². The highest BCUT2D eigenvalue weighted by molar-refractivity contribution is 5.91. The molecular formula is C13H8N4O. The number of hydrogen-bond acceptors (Lipinski definition) is 4. The van der Waals surface area contributed by atoms with Crippen molar-refractivity contribution in [1.29, 1.82) is 0 Å². The molecule has 0 bridgehead atoms. The van der Waals surface area contributed by atoms with E-state index in [0.717, 1.165) is 27.7 Å². The SMILES string of the molecule is c1cc(-c2ccn3nccc3c2)c2nonc2c1. The van der Waals surface area contributed by atoms with E-state index >= 15 is 0 Å². The Morgan fingerprint density at radius 2 is 2.06 bits per heavy atom. The van der Waals surface area contributed by atoms with Gasteiger partial charge in [0.25, 0.3) is 0 Å². The van der Waals surface area contributed by atoms with Gasteiger partial charge in [-0.1, -0.05) is 12.1 Å². The molecule has 0 fully saturated rings. The van der Waals surface area contributed by atoms with Crippen LogP contribution in [0.1, 0.15) is 0 Å². The average Bonchev–Trinajstić information content (AvgIpc) is 3.05. The van der Waals surface area contributed by atoms with E-state index in [1.54, 1.807) is 6.20 Å². The van der Waals surface area contributed by atoms with Gasteiger partial charge in [0.1, 0.15) is 11.0 Å².